The lowest BCUT2D eigenvalue weighted by Gasteiger charge is -2.20. The van der Waals surface area contributed by atoms with Crippen LogP contribution in [0.2, 0.25) is 0 Å². The monoisotopic (exact) mass is 590 g/mol. The van der Waals surface area contributed by atoms with Crippen LogP contribution >= 0.6 is 0 Å². The van der Waals surface area contributed by atoms with Gasteiger partial charge >= 0.3 is 11.9 Å². The van der Waals surface area contributed by atoms with Crippen molar-refractivity contribution in [3.63, 3.8) is 0 Å². The molecule has 0 spiro atoms. The maximum atomic E-state index is 14.0. The molecule has 0 radical (unpaired) electrons. The zero-order valence-electron chi connectivity index (χ0n) is 24.4. The van der Waals surface area contributed by atoms with Gasteiger partial charge in [0.15, 0.2) is 0 Å². The molecular weight excluding hydrogens is 560 g/mol. The zero-order valence-corrected chi connectivity index (χ0v) is 24.4. The number of aryl methyl sites for hydroxylation is 1. The Bertz CT molecular complexity index is 2040. The third kappa shape index (κ3) is 5.49. The van der Waals surface area contributed by atoms with Crippen LogP contribution in [0.15, 0.2) is 88.1 Å². The molecule has 0 bridgehead atoms. The molecule has 3 N–H and O–H groups in total. The molecule has 222 valence electrons. The number of para-hydroxylation sites is 1. The molecule has 44 heavy (non-hydrogen) atoms. The van der Waals surface area contributed by atoms with E-state index < -0.39 is 23.1 Å². The number of carboxylic acid groups (broad SMARTS) is 2. The Morgan fingerprint density at radius 2 is 1.45 bits per heavy atom. The summed E-state index contributed by atoms with van der Waals surface area (Å²) in [4.78, 5) is 53.5. The van der Waals surface area contributed by atoms with Crippen LogP contribution in [-0.4, -0.2) is 49.6 Å². The normalized spacial score (nSPS) is 10.8. The molecule has 0 aliphatic carbocycles. The number of hydrogen-bond acceptors (Lipinski definition) is 5. The van der Waals surface area contributed by atoms with Crippen molar-refractivity contribution in [1.82, 2.24) is 14.3 Å². The summed E-state index contributed by atoms with van der Waals surface area (Å²) in [7, 11) is 0. The van der Waals surface area contributed by atoms with Crippen molar-refractivity contribution in [3.05, 3.63) is 127 Å². The number of nitrogens with one attached hydrogen (secondary N) is 1. The molecule has 0 unspecified atom stereocenters. The minimum Gasteiger partial charge on any atom is -0.478 e. The molecule has 10 nitrogen and oxygen atoms in total. The molecule has 0 aliphatic heterocycles. The van der Waals surface area contributed by atoms with E-state index in [1.807, 2.05) is 24.3 Å². The second-order valence-corrected chi connectivity index (χ2v) is 10.1. The van der Waals surface area contributed by atoms with Gasteiger partial charge in [-0.1, -0.05) is 30.3 Å². The number of hydrogen-bond donors (Lipinski definition) is 3. The van der Waals surface area contributed by atoms with Crippen molar-refractivity contribution in [3.8, 4) is 11.4 Å². The predicted molar refractivity (Wildman–Crippen MR) is 171 cm³/mol. The standard InChI is InChI=1S/C34H30N4O6/c1-4-36(5-2)25-16-14-22(15-17-25)10-9-13-28-21(3)29-30(37(31(28)39)26-11-7-6-8-12-26)35-38(32(29)40)27-19-23(33(41)42)18-24(20-27)34(43)44/h6-8,10-20,35H,4-5H2,1-3H3,(H,41,42)(H,43,44). The first-order chi connectivity index (χ1) is 21.1. The highest BCUT2D eigenvalue weighted by atomic mass is 16.4. The van der Waals surface area contributed by atoms with Gasteiger partial charge in [0.05, 0.1) is 33.5 Å². The summed E-state index contributed by atoms with van der Waals surface area (Å²) >= 11 is 0. The van der Waals surface area contributed by atoms with Crippen molar-refractivity contribution in [2.24, 2.45) is 0 Å². The van der Waals surface area contributed by atoms with E-state index in [1.54, 1.807) is 49.4 Å². The van der Waals surface area contributed by atoms with Gasteiger partial charge in [-0.25, -0.2) is 14.3 Å². The molecule has 10 heteroatoms. The number of anilines is 1. The van der Waals surface area contributed by atoms with Gasteiger partial charge in [0.1, 0.15) is 5.65 Å². The lowest BCUT2D eigenvalue weighted by Crippen LogP contribution is -2.23. The minimum absolute atomic E-state index is 0.0000992. The Balaban J connectivity index is 1.72. The summed E-state index contributed by atoms with van der Waals surface area (Å²) < 4.78 is 2.42. The quantitative estimate of drug-likeness (QED) is 0.197. The van der Waals surface area contributed by atoms with Gasteiger partial charge in [-0.15, -0.1) is 5.73 Å². The van der Waals surface area contributed by atoms with Gasteiger partial charge in [-0.2, -0.15) is 0 Å². The number of aromatic amines is 1. The average Bonchev–Trinajstić information content (AvgIpc) is 3.37. The Kier molecular flexibility index (Phi) is 8.19. The third-order valence-electron chi connectivity index (χ3n) is 7.49. The number of fused-ring (bicyclic) bond motifs is 1. The van der Waals surface area contributed by atoms with Gasteiger partial charge in [0, 0.05) is 18.8 Å². The predicted octanol–water partition coefficient (Wildman–Crippen LogP) is 5.35. The Labute approximate surface area is 252 Å². The summed E-state index contributed by atoms with van der Waals surface area (Å²) in [6.07, 6.45) is 3.29. The number of rotatable bonds is 9. The first-order valence-electron chi connectivity index (χ1n) is 14.0. The van der Waals surface area contributed by atoms with Crippen molar-refractivity contribution in [1.29, 1.82) is 0 Å². The van der Waals surface area contributed by atoms with Crippen molar-refractivity contribution >= 4 is 40.8 Å². The summed E-state index contributed by atoms with van der Waals surface area (Å²) in [5.74, 6) is -2.70. The molecule has 0 amide bonds. The van der Waals surface area contributed by atoms with Crippen LogP contribution in [0.3, 0.4) is 0 Å². The van der Waals surface area contributed by atoms with Crippen LogP contribution < -0.4 is 16.0 Å². The van der Waals surface area contributed by atoms with Gasteiger partial charge in [-0.3, -0.25) is 19.3 Å². The molecule has 0 aliphatic rings. The Hall–Kier alpha value is -5.86. The molecule has 0 saturated carbocycles. The molecule has 5 aromatic rings. The summed E-state index contributed by atoms with van der Waals surface area (Å²) in [5.41, 5.74) is 4.79. The van der Waals surface area contributed by atoms with E-state index in [0.717, 1.165) is 35.1 Å². The molecule has 3 aromatic carbocycles. The molecule has 0 saturated heterocycles. The SMILES string of the molecule is CCN(CC)c1ccc(C=C=Cc2c(C)c3c(=O)n(-c4cc(C(=O)O)cc(C(=O)O)c4)[nH]c3n(-c3ccccc3)c2=O)cc1. The fraction of sp³-hybridized carbons (Fsp3) is 0.147. The van der Waals surface area contributed by atoms with E-state index in [2.05, 4.69) is 29.6 Å². The first kappa shape index (κ1) is 29.6. The van der Waals surface area contributed by atoms with Gasteiger partial charge in [-0.05, 0) is 86.5 Å². The Morgan fingerprint density at radius 1 is 0.841 bits per heavy atom. The van der Waals surface area contributed by atoms with Crippen molar-refractivity contribution in [2.75, 3.05) is 18.0 Å². The third-order valence-corrected chi connectivity index (χ3v) is 7.49. The first-order valence-corrected chi connectivity index (χ1v) is 14.0. The summed E-state index contributed by atoms with van der Waals surface area (Å²) in [6, 6.07) is 20.2. The van der Waals surface area contributed by atoms with Crippen LogP contribution in [0.5, 0.6) is 0 Å². The smallest absolute Gasteiger partial charge is 0.335 e. The highest BCUT2D eigenvalue weighted by Crippen LogP contribution is 2.22. The van der Waals surface area contributed by atoms with Crippen LogP contribution in [-0.2, 0) is 0 Å². The molecule has 2 heterocycles. The molecule has 0 fully saturated rings. The minimum atomic E-state index is -1.35. The number of H-pyrrole nitrogens is 1. The van der Waals surface area contributed by atoms with E-state index >= 15 is 0 Å². The second-order valence-electron chi connectivity index (χ2n) is 10.1. The Morgan fingerprint density at radius 3 is 2.02 bits per heavy atom. The zero-order chi connectivity index (χ0) is 31.5. The maximum Gasteiger partial charge on any atom is 0.335 e. The number of carbonyl (C=O) groups is 2. The molecule has 2 aromatic heterocycles. The van der Waals surface area contributed by atoms with E-state index in [4.69, 9.17) is 0 Å². The number of benzene rings is 3. The maximum absolute atomic E-state index is 14.0. The topological polar surface area (TPSA) is 138 Å². The van der Waals surface area contributed by atoms with E-state index in [0.29, 0.717) is 11.3 Å². The van der Waals surface area contributed by atoms with Crippen molar-refractivity contribution in [2.45, 2.75) is 20.8 Å². The number of aromatic nitrogens is 3. The van der Waals surface area contributed by atoms with Gasteiger partial charge < -0.3 is 15.1 Å². The van der Waals surface area contributed by atoms with Gasteiger partial charge in [0.25, 0.3) is 11.1 Å². The number of carboxylic acids is 2. The van der Waals surface area contributed by atoms with Crippen LogP contribution in [0, 0.1) is 6.92 Å². The van der Waals surface area contributed by atoms with Crippen LogP contribution in [0.25, 0.3) is 34.6 Å². The van der Waals surface area contributed by atoms with Crippen molar-refractivity contribution < 1.29 is 19.8 Å². The van der Waals surface area contributed by atoms with Crippen LogP contribution in [0.1, 0.15) is 51.3 Å². The number of nitrogens with zero attached hydrogens (tertiary/aromatic N) is 3. The lowest BCUT2D eigenvalue weighted by molar-refractivity contribution is 0.0696. The average molecular weight is 591 g/mol. The second kappa shape index (κ2) is 12.2. The largest absolute Gasteiger partial charge is 0.478 e. The number of pyridine rings is 1. The summed E-state index contributed by atoms with van der Waals surface area (Å²) in [6.45, 7) is 7.64. The van der Waals surface area contributed by atoms with E-state index in [9.17, 15) is 29.4 Å². The highest BCUT2D eigenvalue weighted by molar-refractivity contribution is 5.95. The van der Waals surface area contributed by atoms with Gasteiger partial charge in [0.2, 0.25) is 0 Å². The van der Waals surface area contributed by atoms with E-state index in [1.165, 1.54) is 16.7 Å². The lowest BCUT2D eigenvalue weighted by atomic mass is 10.1. The molecular formula is C34H30N4O6. The fourth-order valence-electron chi connectivity index (χ4n) is 5.20. The van der Waals surface area contributed by atoms with Crippen LogP contribution in [0.4, 0.5) is 5.69 Å². The molecule has 5 rings (SSSR count). The van der Waals surface area contributed by atoms with E-state index in [-0.39, 0.29) is 33.4 Å². The molecule has 0 atom stereocenters. The number of aromatic carboxylic acids is 2. The fourth-order valence-corrected chi connectivity index (χ4v) is 5.20. The highest BCUT2D eigenvalue weighted by Gasteiger charge is 2.22. The summed E-state index contributed by atoms with van der Waals surface area (Å²) in [5, 5.41) is 22.2.